The highest BCUT2D eigenvalue weighted by Gasteiger charge is 2.14. The minimum Gasteiger partial charge on any atom is -0.454 e. The Hall–Kier alpha value is -2.53. The van der Waals surface area contributed by atoms with E-state index in [0.717, 1.165) is 23.6 Å². The van der Waals surface area contributed by atoms with Gasteiger partial charge in [-0.1, -0.05) is 30.3 Å². The number of hydrogen-bond acceptors (Lipinski definition) is 4. The maximum Gasteiger partial charge on any atom is 0.234 e. The number of carbonyl (C=O) groups is 1. The number of benzene rings is 2. The molecule has 5 heteroatoms. The fraction of sp³-hybridized carbons (Fsp3) is 0.316. The molecular weight excluding hydrogens is 304 g/mol. The second-order valence-corrected chi connectivity index (χ2v) is 6.06. The Morgan fingerprint density at radius 2 is 1.96 bits per heavy atom. The average molecular weight is 326 g/mol. The number of amides is 1. The molecule has 24 heavy (non-hydrogen) atoms. The van der Waals surface area contributed by atoms with Crippen molar-refractivity contribution in [3.05, 3.63) is 59.2 Å². The molecular formula is C19H22N2O3. The number of carbonyl (C=O) groups excluding carboxylic acids is 1. The number of fused-ring (bicyclic) bond motifs is 1. The maximum absolute atomic E-state index is 12.1. The number of nitrogens with zero attached hydrogens (tertiary/aromatic N) is 1. The molecule has 5 nitrogen and oxygen atoms in total. The minimum absolute atomic E-state index is 0.00347. The summed E-state index contributed by atoms with van der Waals surface area (Å²) >= 11 is 0. The van der Waals surface area contributed by atoms with Crippen LogP contribution in [0.2, 0.25) is 0 Å². The third-order valence-corrected chi connectivity index (χ3v) is 4.04. The van der Waals surface area contributed by atoms with Gasteiger partial charge in [-0.2, -0.15) is 0 Å². The lowest BCUT2D eigenvalue weighted by atomic mass is 10.1. The molecule has 1 heterocycles. The van der Waals surface area contributed by atoms with Crippen molar-refractivity contribution in [2.24, 2.45) is 0 Å². The summed E-state index contributed by atoms with van der Waals surface area (Å²) in [4.78, 5) is 14.1. The van der Waals surface area contributed by atoms with Gasteiger partial charge in [0.2, 0.25) is 12.7 Å². The molecule has 1 N–H and O–H groups in total. The van der Waals surface area contributed by atoms with E-state index < -0.39 is 0 Å². The van der Waals surface area contributed by atoms with Crippen molar-refractivity contribution < 1.29 is 14.3 Å². The Morgan fingerprint density at radius 3 is 2.79 bits per heavy atom. The number of aryl methyl sites for hydroxylation is 1. The van der Waals surface area contributed by atoms with E-state index >= 15 is 0 Å². The van der Waals surface area contributed by atoms with E-state index in [4.69, 9.17) is 9.47 Å². The summed E-state index contributed by atoms with van der Waals surface area (Å²) in [5.41, 5.74) is 3.47. The fourth-order valence-corrected chi connectivity index (χ4v) is 2.69. The second-order valence-electron chi connectivity index (χ2n) is 6.06. The lowest BCUT2D eigenvalue weighted by Crippen LogP contribution is -2.34. The topological polar surface area (TPSA) is 50.8 Å². The van der Waals surface area contributed by atoms with Crippen molar-refractivity contribution in [2.45, 2.75) is 20.0 Å². The molecule has 0 bridgehead atoms. The van der Waals surface area contributed by atoms with Crippen LogP contribution in [0, 0.1) is 6.92 Å². The van der Waals surface area contributed by atoms with Crippen LogP contribution in [0.1, 0.15) is 16.7 Å². The maximum atomic E-state index is 12.1. The molecule has 126 valence electrons. The van der Waals surface area contributed by atoms with Crippen molar-refractivity contribution in [2.75, 3.05) is 20.4 Å². The number of nitrogens with one attached hydrogen (secondary N) is 1. The van der Waals surface area contributed by atoms with E-state index in [-0.39, 0.29) is 12.7 Å². The zero-order valence-corrected chi connectivity index (χ0v) is 14.0. The summed E-state index contributed by atoms with van der Waals surface area (Å²) in [6, 6.07) is 13.9. The van der Waals surface area contributed by atoms with Crippen LogP contribution in [0.25, 0.3) is 0 Å². The third-order valence-electron chi connectivity index (χ3n) is 4.04. The lowest BCUT2D eigenvalue weighted by molar-refractivity contribution is -0.122. The largest absolute Gasteiger partial charge is 0.454 e. The second kappa shape index (κ2) is 7.36. The highest BCUT2D eigenvalue weighted by atomic mass is 16.7. The monoisotopic (exact) mass is 326 g/mol. The predicted molar refractivity (Wildman–Crippen MR) is 91.9 cm³/mol. The fourth-order valence-electron chi connectivity index (χ4n) is 2.69. The van der Waals surface area contributed by atoms with Crippen molar-refractivity contribution in [3.8, 4) is 11.5 Å². The Balaban J connectivity index is 1.48. The number of rotatable bonds is 6. The lowest BCUT2D eigenvalue weighted by Gasteiger charge is -2.17. The molecule has 2 aromatic carbocycles. The van der Waals surface area contributed by atoms with Crippen molar-refractivity contribution in [3.63, 3.8) is 0 Å². The van der Waals surface area contributed by atoms with Crippen LogP contribution in [0.15, 0.2) is 42.5 Å². The Bertz CT molecular complexity index is 730. The van der Waals surface area contributed by atoms with E-state index in [1.165, 1.54) is 11.1 Å². The summed E-state index contributed by atoms with van der Waals surface area (Å²) < 4.78 is 10.6. The molecule has 0 atom stereocenters. The van der Waals surface area contributed by atoms with Crippen molar-refractivity contribution in [1.82, 2.24) is 10.2 Å². The average Bonchev–Trinajstić information content (AvgIpc) is 3.02. The molecule has 0 fully saturated rings. The van der Waals surface area contributed by atoms with E-state index in [0.29, 0.717) is 13.1 Å². The highest BCUT2D eigenvalue weighted by molar-refractivity contribution is 5.78. The first kappa shape index (κ1) is 16.3. The summed E-state index contributed by atoms with van der Waals surface area (Å²) in [6.07, 6.45) is 0. The van der Waals surface area contributed by atoms with Gasteiger partial charge in [-0.05, 0) is 42.8 Å². The molecule has 1 aliphatic rings. The first-order valence-electron chi connectivity index (χ1n) is 8.00. The van der Waals surface area contributed by atoms with Gasteiger partial charge in [0.25, 0.3) is 0 Å². The van der Waals surface area contributed by atoms with Crippen LogP contribution in [0.5, 0.6) is 11.5 Å². The Kier molecular flexibility index (Phi) is 5.01. The van der Waals surface area contributed by atoms with Crippen LogP contribution in [0.4, 0.5) is 0 Å². The molecule has 3 rings (SSSR count). The van der Waals surface area contributed by atoms with Gasteiger partial charge in [0.15, 0.2) is 11.5 Å². The normalized spacial score (nSPS) is 12.5. The van der Waals surface area contributed by atoms with Gasteiger partial charge in [-0.25, -0.2) is 0 Å². The van der Waals surface area contributed by atoms with E-state index in [1.54, 1.807) is 0 Å². The van der Waals surface area contributed by atoms with Crippen LogP contribution < -0.4 is 14.8 Å². The number of likely N-dealkylation sites (N-methyl/N-ethyl adjacent to an activating group) is 1. The van der Waals surface area contributed by atoms with E-state index in [2.05, 4.69) is 24.4 Å². The smallest absolute Gasteiger partial charge is 0.234 e. The molecule has 0 spiro atoms. The van der Waals surface area contributed by atoms with Gasteiger partial charge in [0, 0.05) is 13.1 Å². The minimum atomic E-state index is 0.00347. The van der Waals surface area contributed by atoms with Crippen LogP contribution >= 0.6 is 0 Å². The van der Waals surface area contributed by atoms with Gasteiger partial charge in [-0.3, -0.25) is 9.69 Å². The summed E-state index contributed by atoms with van der Waals surface area (Å²) in [5, 5.41) is 2.94. The molecule has 1 aliphatic heterocycles. The van der Waals surface area contributed by atoms with E-state index in [9.17, 15) is 4.79 Å². The predicted octanol–water partition coefficient (Wildman–Crippen LogP) is 2.47. The van der Waals surface area contributed by atoms with Gasteiger partial charge >= 0.3 is 0 Å². The Labute approximate surface area is 142 Å². The molecule has 0 saturated heterocycles. The van der Waals surface area contributed by atoms with Gasteiger partial charge < -0.3 is 14.8 Å². The molecule has 0 saturated carbocycles. The summed E-state index contributed by atoms with van der Waals surface area (Å²) in [5.74, 6) is 1.49. The Morgan fingerprint density at radius 1 is 1.17 bits per heavy atom. The molecule has 0 unspecified atom stereocenters. The summed E-state index contributed by atoms with van der Waals surface area (Å²) in [6.45, 7) is 3.94. The molecule has 1 amide bonds. The highest BCUT2D eigenvalue weighted by Crippen LogP contribution is 2.32. The van der Waals surface area contributed by atoms with Gasteiger partial charge in [0.1, 0.15) is 0 Å². The van der Waals surface area contributed by atoms with Gasteiger partial charge in [-0.15, -0.1) is 0 Å². The molecule has 0 aliphatic carbocycles. The number of ether oxygens (including phenoxy) is 2. The molecule has 2 aromatic rings. The van der Waals surface area contributed by atoms with E-state index in [1.807, 2.05) is 42.3 Å². The zero-order chi connectivity index (χ0) is 16.9. The van der Waals surface area contributed by atoms with Crippen molar-refractivity contribution in [1.29, 1.82) is 0 Å². The van der Waals surface area contributed by atoms with Gasteiger partial charge in [0.05, 0.1) is 6.54 Å². The van der Waals surface area contributed by atoms with Crippen LogP contribution in [-0.2, 0) is 17.9 Å². The molecule has 0 aromatic heterocycles. The standard InChI is InChI=1S/C19H22N2O3/c1-14-5-3-4-6-16(14)11-21(2)12-19(22)20-10-15-7-8-17-18(9-15)24-13-23-17/h3-9H,10-13H2,1-2H3,(H,20,22). The zero-order valence-electron chi connectivity index (χ0n) is 14.0. The summed E-state index contributed by atoms with van der Waals surface area (Å²) in [7, 11) is 1.95. The quantitative estimate of drug-likeness (QED) is 0.886. The van der Waals surface area contributed by atoms with Crippen LogP contribution in [0.3, 0.4) is 0 Å². The SMILES string of the molecule is Cc1ccccc1CN(C)CC(=O)NCc1ccc2c(c1)OCO2. The first-order valence-corrected chi connectivity index (χ1v) is 8.00. The molecule has 0 radical (unpaired) electrons. The van der Waals surface area contributed by atoms with Crippen molar-refractivity contribution >= 4 is 5.91 Å². The number of hydrogen-bond donors (Lipinski definition) is 1. The first-order chi connectivity index (χ1) is 11.6. The third kappa shape index (κ3) is 4.06. The van der Waals surface area contributed by atoms with Crippen LogP contribution in [-0.4, -0.2) is 31.2 Å².